The van der Waals surface area contributed by atoms with Crippen LogP contribution in [0.2, 0.25) is 5.15 Å². The van der Waals surface area contributed by atoms with Gasteiger partial charge in [0.25, 0.3) is 0 Å². The van der Waals surface area contributed by atoms with E-state index in [4.69, 9.17) is 17.3 Å². The molecule has 16 heavy (non-hydrogen) atoms. The molecule has 0 aliphatic heterocycles. The van der Waals surface area contributed by atoms with Crippen molar-refractivity contribution in [2.45, 2.75) is 32.2 Å². The summed E-state index contributed by atoms with van der Waals surface area (Å²) in [6.45, 7) is 1.93. The molecule has 0 bridgehead atoms. The normalized spacial score (nSPS) is 12.2. The van der Waals surface area contributed by atoms with E-state index in [0.29, 0.717) is 17.4 Å². The number of rotatable bonds is 5. The lowest BCUT2D eigenvalue weighted by Gasteiger charge is -2.06. The first-order chi connectivity index (χ1) is 7.58. The molecule has 1 atom stereocenters. The SMILES string of the molecule is CC(N)CCCC(=O)Nc1cccc(Cl)n1. The molecule has 5 heteroatoms. The fraction of sp³-hybridized carbons (Fsp3) is 0.455. The second kappa shape index (κ2) is 6.45. The molecule has 0 spiro atoms. The van der Waals surface area contributed by atoms with E-state index >= 15 is 0 Å². The number of hydrogen-bond acceptors (Lipinski definition) is 3. The second-order valence-electron chi connectivity index (χ2n) is 3.76. The zero-order valence-electron chi connectivity index (χ0n) is 9.24. The first kappa shape index (κ1) is 12.9. The van der Waals surface area contributed by atoms with Crippen LogP contribution in [0.5, 0.6) is 0 Å². The number of halogens is 1. The van der Waals surface area contributed by atoms with E-state index in [2.05, 4.69) is 10.3 Å². The number of anilines is 1. The van der Waals surface area contributed by atoms with Crippen LogP contribution < -0.4 is 11.1 Å². The number of nitrogens with zero attached hydrogens (tertiary/aromatic N) is 1. The first-order valence-electron chi connectivity index (χ1n) is 5.26. The highest BCUT2D eigenvalue weighted by Gasteiger charge is 2.04. The molecule has 88 valence electrons. The highest BCUT2D eigenvalue weighted by Crippen LogP contribution is 2.10. The topological polar surface area (TPSA) is 68.0 Å². The third-order valence-corrected chi connectivity index (χ3v) is 2.26. The predicted molar refractivity (Wildman–Crippen MR) is 65.4 cm³/mol. The van der Waals surface area contributed by atoms with Crippen LogP contribution in [0.3, 0.4) is 0 Å². The maximum absolute atomic E-state index is 11.5. The number of carbonyl (C=O) groups excluding carboxylic acids is 1. The highest BCUT2D eigenvalue weighted by atomic mass is 35.5. The molecule has 1 aromatic rings. The van der Waals surface area contributed by atoms with Gasteiger partial charge >= 0.3 is 0 Å². The number of pyridine rings is 1. The minimum atomic E-state index is -0.0598. The molecule has 0 aliphatic rings. The molecule has 0 radical (unpaired) electrons. The Bertz CT molecular complexity index is 355. The molecule has 1 amide bonds. The summed E-state index contributed by atoms with van der Waals surface area (Å²) in [4.78, 5) is 15.4. The Morgan fingerprint density at radius 3 is 3.00 bits per heavy atom. The van der Waals surface area contributed by atoms with Crippen molar-refractivity contribution in [1.29, 1.82) is 0 Å². The maximum Gasteiger partial charge on any atom is 0.225 e. The highest BCUT2D eigenvalue weighted by molar-refractivity contribution is 6.29. The number of hydrogen-bond donors (Lipinski definition) is 2. The summed E-state index contributed by atoms with van der Waals surface area (Å²) in [7, 11) is 0. The fourth-order valence-electron chi connectivity index (χ4n) is 1.27. The lowest BCUT2D eigenvalue weighted by molar-refractivity contribution is -0.116. The van der Waals surface area contributed by atoms with Crippen molar-refractivity contribution in [3.63, 3.8) is 0 Å². The predicted octanol–water partition coefficient (Wildman–Crippen LogP) is 2.19. The smallest absolute Gasteiger partial charge is 0.225 e. The molecule has 0 aromatic carbocycles. The van der Waals surface area contributed by atoms with E-state index < -0.39 is 0 Å². The van der Waals surface area contributed by atoms with Crippen LogP contribution in [0, 0.1) is 0 Å². The van der Waals surface area contributed by atoms with Crippen LogP contribution in [-0.2, 0) is 4.79 Å². The largest absolute Gasteiger partial charge is 0.328 e. The molecule has 0 aliphatic carbocycles. The number of carbonyl (C=O) groups is 1. The monoisotopic (exact) mass is 241 g/mol. The molecule has 4 nitrogen and oxygen atoms in total. The Labute approximate surface area is 100 Å². The van der Waals surface area contributed by atoms with Gasteiger partial charge in [-0.2, -0.15) is 0 Å². The Hall–Kier alpha value is -1.13. The van der Waals surface area contributed by atoms with Gasteiger partial charge < -0.3 is 11.1 Å². The van der Waals surface area contributed by atoms with Gasteiger partial charge in [0.2, 0.25) is 5.91 Å². The van der Waals surface area contributed by atoms with Crippen molar-refractivity contribution in [2.24, 2.45) is 5.73 Å². The van der Waals surface area contributed by atoms with Gasteiger partial charge in [-0.05, 0) is 31.9 Å². The van der Waals surface area contributed by atoms with Crippen LogP contribution in [0.1, 0.15) is 26.2 Å². The Balaban J connectivity index is 2.34. The summed E-state index contributed by atoms with van der Waals surface area (Å²) in [5, 5.41) is 3.05. The molecule has 1 unspecified atom stereocenters. The third-order valence-electron chi connectivity index (χ3n) is 2.05. The molecule has 0 fully saturated rings. The average Bonchev–Trinajstić information content (AvgIpc) is 2.16. The van der Waals surface area contributed by atoms with Crippen molar-refractivity contribution in [3.8, 4) is 0 Å². The molecular weight excluding hydrogens is 226 g/mol. The van der Waals surface area contributed by atoms with E-state index in [-0.39, 0.29) is 11.9 Å². The standard InChI is InChI=1S/C11H16ClN3O/c1-8(13)4-2-7-11(16)15-10-6-3-5-9(12)14-10/h3,5-6,8H,2,4,7,13H2,1H3,(H,14,15,16). The summed E-state index contributed by atoms with van der Waals surface area (Å²) >= 11 is 5.70. The second-order valence-corrected chi connectivity index (χ2v) is 4.15. The number of aromatic nitrogens is 1. The van der Waals surface area contributed by atoms with E-state index in [9.17, 15) is 4.79 Å². The van der Waals surface area contributed by atoms with Gasteiger partial charge in [-0.1, -0.05) is 17.7 Å². The van der Waals surface area contributed by atoms with Gasteiger partial charge in [0.05, 0.1) is 0 Å². The van der Waals surface area contributed by atoms with E-state index in [1.165, 1.54) is 0 Å². The summed E-state index contributed by atoms with van der Waals surface area (Å²) in [6, 6.07) is 5.24. The van der Waals surface area contributed by atoms with Crippen molar-refractivity contribution >= 4 is 23.3 Å². The quantitative estimate of drug-likeness (QED) is 0.777. The van der Waals surface area contributed by atoms with Crippen molar-refractivity contribution in [3.05, 3.63) is 23.4 Å². The minimum absolute atomic E-state index is 0.0598. The molecule has 0 saturated heterocycles. The lowest BCUT2D eigenvalue weighted by Crippen LogP contribution is -2.17. The number of nitrogens with one attached hydrogen (secondary N) is 1. The molecule has 1 rings (SSSR count). The van der Waals surface area contributed by atoms with Gasteiger partial charge in [-0.3, -0.25) is 4.79 Å². The first-order valence-corrected chi connectivity index (χ1v) is 5.63. The van der Waals surface area contributed by atoms with Gasteiger partial charge in [0, 0.05) is 12.5 Å². The Kier molecular flexibility index (Phi) is 5.22. The fourth-order valence-corrected chi connectivity index (χ4v) is 1.43. The molecule has 1 heterocycles. The van der Waals surface area contributed by atoms with Crippen LogP contribution in [-0.4, -0.2) is 16.9 Å². The third kappa shape index (κ3) is 5.09. The maximum atomic E-state index is 11.5. The average molecular weight is 242 g/mol. The Morgan fingerprint density at radius 1 is 1.62 bits per heavy atom. The van der Waals surface area contributed by atoms with E-state index in [1.807, 2.05) is 6.92 Å². The number of amides is 1. The molecular formula is C11H16ClN3O. The Morgan fingerprint density at radius 2 is 2.38 bits per heavy atom. The summed E-state index contributed by atoms with van der Waals surface area (Å²) in [5.41, 5.74) is 5.59. The lowest BCUT2D eigenvalue weighted by atomic mass is 10.1. The van der Waals surface area contributed by atoms with Gasteiger partial charge in [0.15, 0.2) is 0 Å². The van der Waals surface area contributed by atoms with Crippen molar-refractivity contribution in [2.75, 3.05) is 5.32 Å². The van der Waals surface area contributed by atoms with Crippen molar-refractivity contribution < 1.29 is 4.79 Å². The zero-order valence-corrected chi connectivity index (χ0v) is 10.00. The van der Waals surface area contributed by atoms with Crippen LogP contribution >= 0.6 is 11.6 Å². The molecule has 0 saturated carbocycles. The van der Waals surface area contributed by atoms with Crippen LogP contribution in [0.4, 0.5) is 5.82 Å². The number of nitrogens with two attached hydrogens (primary N) is 1. The van der Waals surface area contributed by atoms with Gasteiger partial charge in [-0.15, -0.1) is 0 Å². The molecule has 1 aromatic heterocycles. The zero-order chi connectivity index (χ0) is 12.0. The summed E-state index contributed by atoms with van der Waals surface area (Å²) in [6.07, 6.45) is 2.08. The summed E-state index contributed by atoms with van der Waals surface area (Å²) < 4.78 is 0. The summed E-state index contributed by atoms with van der Waals surface area (Å²) in [5.74, 6) is 0.425. The molecule has 3 N–H and O–H groups in total. The van der Waals surface area contributed by atoms with E-state index in [0.717, 1.165) is 12.8 Å². The van der Waals surface area contributed by atoms with Gasteiger partial charge in [0.1, 0.15) is 11.0 Å². The van der Waals surface area contributed by atoms with Crippen molar-refractivity contribution in [1.82, 2.24) is 4.98 Å². The van der Waals surface area contributed by atoms with E-state index in [1.54, 1.807) is 18.2 Å². The van der Waals surface area contributed by atoms with Gasteiger partial charge in [-0.25, -0.2) is 4.98 Å². The van der Waals surface area contributed by atoms with Crippen LogP contribution in [0.25, 0.3) is 0 Å². The minimum Gasteiger partial charge on any atom is -0.328 e. The van der Waals surface area contributed by atoms with Crippen LogP contribution in [0.15, 0.2) is 18.2 Å².